The van der Waals surface area contributed by atoms with Gasteiger partial charge in [-0.05, 0) is 18.2 Å². The first-order valence-electron chi connectivity index (χ1n) is 5.70. The minimum absolute atomic E-state index is 0.285. The Kier molecular flexibility index (Phi) is 4.08. The van der Waals surface area contributed by atoms with E-state index >= 15 is 0 Å². The number of nitrogens with two attached hydrogens (primary N) is 1. The number of carbonyl (C=O) groups is 1. The zero-order valence-corrected chi connectivity index (χ0v) is 11.2. The minimum atomic E-state index is -4.49. The molecular formula is C12H10ClF3N4O. The molecule has 2 rings (SSSR count). The molecule has 0 aliphatic carbocycles. The SMILES string of the molecule is Nc1cc(NC(=O)Cn2cc(C(F)(F)F)cn2)ccc1Cl. The summed E-state index contributed by atoms with van der Waals surface area (Å²) in [5, 5.41) is 6.32. The third-order valence-corrected chi connectivity index (χ3v) is 2.89. The molecule has 0 aliphatic rings. The Morgan fingerprint density at radius 2 is 2.14 bits per heavy atom. The normalized spacial score (nSPS) is 11.4. The lowest BCUT2D eigenvalue weighted by molar-refractivity contribution is -0.137. The van der Waals surface area contributed by atoms with Gasteiger partial charge in [0.05, 0.1) is 22.5 Å². The number of hydrogen-bond acceptors (Lipinski definition) is 3. The molecule has 1 amide bonds. The molecule has 112 valence electrons. The van der Waals surface area contributed by atoms with Crippen molar-refractivity contribution in [1.29, 1.82) is 0 Å². The average Bonchev–Trinajstić information content (AvgIpc) is 2.82. The summed E-state index contributed by atoms with van der Waals surface area (Å²) in [6, 6.07) is 4.48. The first-order valence-corrected chi connectivity index (χ1v) is 6.08. The van der Waals surface area contributed by atoms with E-state index in [-0.39, 0.29) is 12.2 Å². The zero-order valence-electron chi connectivity index (χ0n) is 10.5. The molecule has 0 aliphatic heterocycles. The van der Waals surface area contributed by atoms with Crippen molar-refractivity contribution in [2.24, 2.45) is 0 Å². The zero-order chi connectivity index (χ0) is 15.6. The van der Waals surface area contributed by atoms with E-state index in [2.05, 4.69) is 10.4 Å². The molecule has 0 saturated heterocycles. The molecule has 9 heteroatoms. The highest BCUT2D eigenvalue weighted by molar-refractivity contribution is 6.33. The van der Waals surface area contributed by atoms with E-state index in [1.165, 1.54) is 18.2 Å². The number of anilines is 2. The van der Waals surface area contributed by atoms with Gasteiger partial charge in [-0.3, -0.25) is 9.48 Å². The molecule has 21 heavy (non-hydrogen) atoms. The number of hydrogen-bond donors (Lipinski definition) is 2. The molecule has 0 atom stereocenters. The molecule has 3 N–H and O–H groups in total. The van der Waals surface area contributed by atoms with Crippen LogP contribution in [-0.2, 0) is 17.5 Å². The fraction of sp³-hybridized carbons (Fsp3) is 0.167. The van der Waals surface area contributed by atoms with Gasteiger partial charge in [0, 0.05) is 11.9 Å². The highest BCUT2D eigenvalue weighted by atomic mass is 35.5. The van der Waals surface area contributed by atoms with E-state index in [1.54, 1.807) is 0 Å². The average molecular weight is 319 g/mol. The van der Waals surface area contributed by atoms with Crippen LogP contribution >= 0.6 is 11.6 Å². The number of alkyl halides is 3. The van der Waals surface area contributed by atoms with Crippen LogP contribution in [0.1, 0.15) is 5.56 Å². The Balaban J connectivity index is 2.01. The lowest BCUT2D eigenvalue weighted by Gasteiger charge is -2.07. The number of benzene rings is 1. The van der Waals surface area contributed by atoms with Crippen LogP contribution in [0.5, 0.6) is 0 Å². The summed E-state index contributed by atoms with van der Waals surface area (Å²) in [7, 11) is 0. The minimum Gasteiger partial charge on any atom is -0.397 e. The van der Waals surface area contributed by atoms with E-state index in [1.807, 2.05) is 0 Å². The Morgan fingerprint density at radius 1 is 1.43 bits per heavy atom. The first kappa shape index (κ1) is 15.2. The second-order valence-electron chi connectivity index (χ2n) is 4.21. The van der Waals surface area contributed by atoms with E-state index in [0.717, 1.165) is 10.9 Å². The highest BCUT2D eigenvalue weighted by Crippen LogP contribution is 2.28. The van der Waals surface area contributed by atoms with Crippen LogP contribution in [0.4, 0.5) is 24.5 Å². The highest BCUT2D eigenvalue weighted by Gasteiger charge is 2.32. The van der Waals surface area contributed by atoms with Gasteiger partial charge < -0.3 is 11.1 Å². The van der Waals surface area contributed by atoms with Crippen LogP contribution in [-0.4, -0.2) is 15.7 Å². The van der Waals surface area contributed by atoms with Crippen molar-refractivity contribution in [3.8, 4) is 0 Å². The molecule has 0 radical (unpaired) electrons. The molecule has 2 aromatic rings. The lowest BCUT2D eigenvalue weighted by Crippen LogP contribution is -2.19. The molecule has 0 bridgehead atoms. The largest absolute Gasteiger partial charge is 0.419 e. The molecule has 0 saturated carbocycles. The number of halogens is 4. The van der Waals surface area contributed by atoms with E-state index in [9.17, 15) is 18.0 Å². The Bertz CT molecular complexity index is 669. The maximum Gasteiger partial charge on any atom is 0.419 e. The number of nitrogens with one attached hydrogen (secondary N) is 1. The van der Waals surface area contributed by atoms with Gasteiger partial charge in [0.2, 0.25) is 5.91 Å². The Hall–Kier alpha value is -2.22. The summed E-state index contributed by atoms with van der Waals surface area (Å²) in [5.41, 5.74) is 5.34. The summed E-state index contributed by atoms with van der Waals surface area (Å²) >= 11 is 5.73. The maximum absolute atomic E-state index is 12.4. The topological polar surface area (TPSA) is 72.9 Å². The second-order valence-corrected chi connectivity index (χ2v) is 4.62. The molecule has 1 aromatic heterocycles. The summed E-state index contributed by atoms with van der Waals surface area (Å²) in [4.78, 5) is 11.7. The molecule has 0 spiro atoms. The maximum atomic E-state index is 12.4. The molecule has 0 unspecified atom stereocenters. The van der Waals surface area contributed by atoms with Gasteiger partial charge in [-0.2, -0.15) is 18.3 Å². The monoisotopic (exact) mass is 318 g/mol. The van der Waals surface area contributed by atoms with Crippen molar-refractivity contribution in [2.75, 3.05) is 11.1 Å². The summed E-state index contributed by atoms with van der Waals surface area (Å²) in [6.07, 6.45) is -3.07. The van der Waals surface area contributed by atoms with Crippen LogP contribution in [0.25, 0.3) is 0 Å². The number of carbonyl (C=O) groups excluding carboxylic acids is 1. The van der Waals surface area contributed by atoms with Gasteiger partial charge in [0.15, 0.2) is 0 Å². The van der Waals surface area contributed by atoms with Crippen LogP contribution in [0.15, 0.2) is 30.6 Å². The fourth-order valence-corrected chi connectivity index (χ4v) is 1.68. The predicted octanol–water partition coefficient (Wildman–Crippen LogP) is 2.78. The Morgan fingerprint density at radius 3 is 2.71 bits per heavy atom. The quantitative estimate of drug-likeness (QED) is 0.855. The van der Waals surface area contributed by atoms with Crippen molar-refractivity contribution in [3.63, 3.8) is 0 Å². The number of rotatable bonds is 3. The smallest absolute Gasteiger partial charge is 0.397 e. The van der Waals surface area contributed by atoms with E-state index in [4.69, 9.17) is 17.3 Å². The first-order chi connectivity index (χ1) is 9.75. The molecule has 1 aromatic carbocycles. The lowest BCUT2D eigenvalue weighted by atomic mass is 10.3. The van der Waals surface area contributed by atoms with Crippen molar-refractivity contribution in [1.82, 2.24) is 9.78 Å². The molecular weight excluding hydrogens is 309 g/mol. The number of nitrogens with zero attached hydrogens (tertiary/aromatic N) is 2. The van der Waals surface area contributed by atoms with Gasteiger partial charge in [-0.25, -0.2) is 0 Å². The van der Waals surface area contributed by atoms with Crippen molar-refractivity contribution < 1.29 is 18.0 Å². The number of aromatic nitrogens is 2. The summed E-state index contributed by atoms with van der Waals surface area (Å²) < 4.78 is 38.1. The predicted molar refractivity (Wildman–Crippen MR) is 71.7 cm³/mol. The summed E-state index contributed by atoms with van der Waals surface area (Å²) in [6.45, 7) is -0.349. The standard InChI is InChI=1S/C12H10ClF3N4O/c13-9-2-1-8(3-10(9)17)19-11(21)6-20-5-7(4-18-20)12(14,15)16/h1-5H,6,17H2,(H,19,21). The van der Waals surface area contributed by atoms with Crippen molar-refractivity contribution in [3.05, 3.63) is 41.2 Å². The third-order valence-electron chi connectivity index (χ3n) is 2.55. The van der Waals surface area contributed by atoms with Gasteiger partial charge in [-0.1, -0.05) is 11.6 Å². The van der Waals surface area contributed by atoms with Gasteiger partial charge in [0.1, 0.15) is 6.54 Å². The van der Waals surface area contributed by atoms with Crippen LogP contribution in [0, 0.1) is 0 Å². The van der Waals surface area contributed by atoms with Crippen molar-refractivity contribution in [2.45, 2.75) is 12.7 Å². The van der Waals surface area contributed by atoms with Gasteiger partial charge >= 0.3 is 6.18 Å². The molecule has 1 heterocycles. The number of nitrogen functional groups attached to an aromatic ring is 1. The summed E-state index contributed by atoms with van der Waals surface area (Å²) in [5.74, 6) is -0.534. The molecule has 0 fully saturated rings. The molecule has 5 nitrogen and oxygen atoms in total. The van der Waals surface area contributed by atoms with Crippen LogP contribution < -0.4 is 11.1 Å². The van der Waals surface area contributed by atoms with Gasteiger partial charge in [-0.15, -0.1) is 0 Å². The number of amides is 1. The van der Waals surface area contributed by atoms with E-state index in [0.29, 0.717) is 16.9 Å². The second kappa shape index (κ2) is 5.65. The van der Waals surface area contributed by atoms with Crippen LogP contribution in [0.3, 0.4) is 0 Å². The van der Waals surface area contributed by atoms with Crippen LogP contribution in [0.2, 0.25) is 5.02 Å². The van der Waals surface area contributed by atoms with Gasteiger partial charge in [0.25, 0.3) is 0 Å². The van der Waals surface area contributed by atoms with E-state index < -0.39 is 17.6 Å². The third kappa shape index (κ3) is 3.88. The van der Waals surface area contributed by atoms with Crippen molar-refractivity contribution >= 4 is 28.9 Å². The Labute approximate surface area is 122 Å². The fourth-order valence-electron chi connectivity index (χ4n) is 1.57.